The van der Waals surface area contributed by atoms with Crippen LogP contribution in [0, 0.1) is 0 Å². The van der Waals surface area contributed by atoms with Crippen molar-refractivity contribution in [2.75, 3.05) is 11.9 Å². The van der Waals surface area contributed by atoms with Gasteiger partial charge in [0.15, 0.2) is 0 Å². The maximum Gasteiger partial charge on any atom is 0.338 e. The first kappa shape index (κ1) is 18.7. The first-order valence-corrected chi connectivity index (χ1v) is 8.78. The van der Waals surface area contributed by atoms with Crippen molar-refractivity contribution in [3.63, 3.8) is 0 Å². The molecule has 0 saturated carbocycles. The van der Waals surface area contributed by atoms with Crippen molar-refractivity contribution < 1.29 is 14.3 Å². The summed E-state index contributed by atoms with van der Waals surface area (Å²) in [5, 5.41) is 2.94. The molecule has 0 aromatic heterocycles. The minimum absolute atomic E-state index is 0.0330. The molecule has 1 unspecified atom stereocenters. The van der Waals surface area contributed by atoms with E-state index in [9.17, 15) is 9.59 Å². The van der Waals surface area contributed by atoms with Gasteiger partial charge in [-0.25, -0.2) is 4.79 Å². The Morgan fingerprint density at radius 1 is 0.960 bits per heavy atom. The molecular weight excluding hydrogens is 314 g/mol. The molecule has 2 aromatic rings. The number of nitrogens with one attached hydrogen (secondary N) is 1. The lowest BCUT2D eigenvalue weighted by molar-refractivity contribution is -0.117. The molecule has 0 aliphatic rings. The summed E-state index contributed by atoms with van der Waals surface area (Å²) >= 11 is 0. The molecule has 1 amide bonds. The number of anilines is 1. The van der Waals surface area contributed by atoms with Crippen LogP contribution in [0.25, 0.3) is 0 Å². The van der Waals surface area contributed by atoms with Gasteiger partial charge in [-0.15, -0.1) is 0 Å². The second kappa shape index (κ2) is 9.62. The smallest absolute Gasteiger partial charge is 0.338 e. The molecule has 0 bridgehead atoms. The average Bonchev–Trinajstić information content (AvgIpc) is 2.65. The molecule has 2 rings (SSSR count). The van der Waals surface area contributed by atoms with Gasteiger partial charge in [-0.2, -0.15) is 0 Å². The molecule has 0 spiro atoms. The van der Waals surface area contributed by atoms with Gasteiger partial charge in [0.2, 0.25) is 5.91 Å². The fourth-order valence-electron chi connectivity index (χ4n) is 2.62. The third kappa shape index (κ3) is 5.45. The predicted molar refractivity (Wildman–Crippen MR) is 99.7 cm³/mol. The number of hydrogen-bond acceptors (Lipinski definition) is 3. The Morgan fingerprint density at radius 2 is 1.64 bits per heavy atom. The van der Waals surface area contributed by atoms with Crippen molar-refractivity contribution in [1.82, 2.24) is 0 Å². The van der Waals surface area contributed by atoms with E-state index in [1.54, 1.807) is 24.3 Å². The summed E-state index contributed by atoms with van der Waals surface area (Å²) in [5.41, 5.74) is 2.18. The average molecular weight is 339 g/mol. The Morgan fingerprint density at radius 3 is 2.24 bits per heavy atom. The number of amides is 1. The molecular formula is C21H25NO3. The second-order valence-electron chi connectivity index (χ2n) is 5.95. The zero-order valence-electron chi connectivity index (χ0n) is 14.8. The van der Waals surface area contributed by atoms with E-state index in [1.807, 2.05) is 37.3 Å². The number of hydrogen-bond donors (Lipinski definition) is 1. The van der Waals surface area contributed by atoms with E-state index in [-0.39, 0.29) is 17.8 Å². The van der Waals surface area contributed by atoms with Crippen LogP contribution in [0.4, 0.5) is 5.69 Å². The van der Waals surface area contributed by atoms with Crippen LogP contribution in [0.1, 0.15) is 54.9 Å². The summed E-state index contributed by atoms with van der Waals surface area (Å²) in [6, 6.07) is 16.6. The topological polar surface area (TPSA) is 55.4 Å². The van der Waals surface area contributed by atoms with Crippen LogP contribution in [-0.2, 0) is 9.53 Å². The minimum Gasteiger partial charge on any atom is -0.462 e. The van der Waals surface area contributed by atoms with Gasteiger partial charge in [0.05, 0.1) is 18.1 Å². The highest BCUT2D eigenvalue weighted by Crippen LogP contribution is 2.23. The standard InChI is InChI=1S/C21H25NO3/c1-3-8-19(16-9-6-5-7-10-16)20(23)22-18-13-11-17(12-14-18)21(24)25-15-4-2/h5-7,9-14,19H,3-4,8,15H2,1-2H3,(H,22,23). The van der Waals surface area contributed by atoms with E-state index < -0.39 is 0 Å². The molecule has 132 valence electrons. The van der Waals surface area contributed by atoms with Crippen molar-refractivity contribution in [2.24, 2.45) is 0 Å². The summed E-state index contributed by atoms with van der Waals surface area (Å²) in [5.74, 6) is -0.553. The van der Waals surface area contributed by atoms with E-state index >= 15 is 0 Å². The molecule has 0 aliphatic heterocycles. The van der Waals surface area contributed by atoms with Crippen molar-refractivity contribution in [3.8, 4) is 0 Å². The molecule has 0 saturated heterocycles. The molecule has 0 radical (unpaired) electrons. The third-order valence-corrected chi connectivity index (χ3v) is 3.92. The quantitative estimate of drug-likeness (QED) is 0.704. The highest BCUT2D eigenvalue weighted by molar-refractivity contribution is 5.96. The maximum absolute atomic E-state index is 12.7. The summed E-state index contributed by atoms with van der Waals surface area (Å²) in [6.45, 7) is 4.43. The number of carbonyl (C=O) groups excluding carboxylic acids is 2. The van der Waals surface area contributed by atoms with E-state index in [0.29, 0.717) is 17.9 Å². The van der Waals surface area contributed by atoms with Crippen LogP contribution < -0.4 is 5.32 Å². The zero-order valence-corrected chi connectivity index (χ0v) is 14.8. The Labute approximate surface area is 149 Å². The van der Waals surface area contributed by atoms with E-state index in [1.165, 1.54) is 0 Å². The summed E-state index contributed by atoms with van der Waals surface area (Å²) in [6.07, 6.45) is 2.50. The number of benzene rings is 2. The normalized spacial score (nSPS) is 11.6. The van der Waals surface area contributed by atoms with Gasteiger partial charge in [-0.3, -0.25) is 4.79 Å². The van der Waals surface area contributed by atoms with Crippen LogP contribution in [-0.4, -0.2) is 18.5 Å². The van der Waals surface area contributed by atoms with E-state index in [2.05, 4.69) is 12.2 Å². The molecule has 4 nitrogen and oxygen atoms in total. The minimum atomic E-state index is -0.340. The Kier molecular flexibility index (Phi) is 7.20. The van der Waals surface area contributed by atoms with Gasteiger partial charge in [0, 0.05) is 5.69 Å². The molecule has 1 N–H and O–H groups in total. The highest BCUT2D eigenvalue weighted by Gasteiger charge is 2.19. The SMILES string of the molecule is CCCOC(=O)c1ccc(NC(=O)C(CCC)c2ccccc2)cc1. The Balaban J connectivity index is 2.04. The van der Waals surface area contributed by atoms with Crippen LogP contribution in [0.15, 0.2) is 54.6 Å². The van der Waals surface area contributed by atoms with Crippen molar-refractivity contribution in [1.29, 1.82) is 0 Å². The molecule has 0 fully saturated rings. The summed E-state index contributed by atoms with van der Waals surface area (Å²) in [7, 11) is 0. The largest absolute Gasteiger partial charge is 0.462 e. The molecule has 2 aromatic carbocycles. The number of rotatable bonds is 8. The van der Waals surface area contributed by atoms with Crippen molar-refractivity contribution in [2.45, 2.75) is 39.0 Å². The number of carbonyl (C=O) groups is 2. The molecule has 4 heteroatoms. The molecule has 25 heavy (non-hydrogen) atoms. The molecule has 1 atom stereocenters. The number of ether oxygens (including phenoxy) is 1. The van der Waals surface area contributed by atoms with Gasteiger partial charge in [-0.05, 0) is 42.7 Å². The van der Waals surface area contributed by atoms with E-state index in [4.69, 9.17) is 4.74 Å². The van der Waals surface area contributed by atoms with Crippen molar-refractivity contribution >= 4 is 17.6 Å². The van der Waals surface area contributed by atoms with Gasteiger partial charge < -0.3 is 10.1 Å². The zero-order chi connectivity index (χ0) is 18.1. The summed E-state index contributed by atoms with van der Waals surface area (Å²) < 4.78 is 5.10. The predicted octanol–water partition coefficient (Wildman–Crippen LogP) is 4.78. The fraction of sp³-hybridized carbons (Fsp3) is 0.333. The lowest BCUT2D eigenvalue weighted by atomic mass is 9.93. The van der Waals surface area contributed by atoms with Crippen LogP contribution in [0.3, 0.4) is 0 Å². The van der Waals surface area contributed by atoms with Crippen LogP contribution >= 0.6 is 0 Å². The first-order valence-electron chi connectivity index (χ1n) is 8.78. The fourth-order valence-corrected chi connectivity index (χ4v) is 2.62. The van der Waals surface area contributed by atoms with Gasteiger partial charge in [-0.1, -0.05) is 50.6 Å². The monoisotopic (exact) mass is 339 g/mol. The maximum atomic E-state index is 12.7. The van der Waals surface area contributed by atoms with Crippen LogP contribution in [0.2, 0.25) is 0 Å². The molecule has 0 aliphatic carbocycles. The lowest BCUT2D eigenvalue weighted by Crippen LogP contribution is -2.21. The van der Waals surface area contributed by atoms with Crippen molar-refractivity contribution in [3.05, 3.63) is 65.7 Å². The Bertz CT molecular complexity index is 680. The number of esters is 1. The summed E-state index contributed by atoms with van der Waals surface area (Å²) in [4.78, 5) is 24.5. The lowest BCUT2D eigenvalue weighted by Gasteiger charge is -2.16. The van der Waals surface area contributed by atoms with E-state index in [0.717, 1.165) is 24.8 Å². The highest BCUT2D eigenvalue weighted by atomic mass is 16.5. The van der Waals surface area contributed by atoms with Gasteiger partial charge in [0.25, 0.3) is 0 Å². The second-order valence-corrected chi connectivity index (χ2v) is 5.95. The molecule has 0 heterocycles. The third-order valence-electron chi connectivity index (χ3n) is 3.92. The first-order chi connectivity index (χ1) is 12.2. The Hall–Kier alpha value is -2.62. The van der Waals surface area contributed by atoms with Crippen LogP contribution in [0.5, 0.6) is 0 Å². The van der Waals surface area contributed by atoms with Gasteiger partial charge in [0.1, 0.15) is 0 Å². The van der Waals surface area contributed by atoms with Gasteiger partial charge >= 0.3 is 5.97 Å².